The number of benzene rings is 2. The zero-order chi connectivity index (χ0) is 19.5. The van der Waals surface area contributed by atoms with Crippen LogP contribution in [0.5, 0.6) is 11.5 Å². The van der Waals surface area contributed by atoms with Crippen LogP contribution < -0.4 is 14.2 Å². The van der Waals surface area contributed by atoms with Gasteiger partial charge in [0.1, 0.15) is 5.60 Å². The molecule has 146 valence electrons. The van der Waals surface area contributed by atoms with Crippen LogP contribution in [-0.4, -0.2) is 26.4 Å². The molecule has 0 saturated carbocycles. The molecule has 1 aliphatic heterocycles. The minimum Gasteiger partial charge on any atom is -0.490 e. The van der Waals surface area contributed by atoms with Crippen molar-refractivity contribution in [1.29, 1.82) is 0 Å². The fraction of sp³-hybridized carbons (Fsp3) is 0.400. The zero-order valence-corrected chi connectivity index (χ0v) is 17.1. The molecule has 1 N–H and O–H groups in total. The van der Waals surface area contributed by atoms with Crippen molar-refractivity contribution < 1.29 is 17.9 Å². The summed E-state index contributed by atoms with van der Waals surface area (Å²) in [5.74, 6) is 1.42. The molecule has 3 rings (SSSR count). The topological polar surface area (TPSA) is 64.6 Å². The number of rotatable bonds is 8. The molecular formula is C20H24ClNO4S. The molecule has 7 heteroatoms. The average molecular weight is 410 g/mol. The summed E-state index contributed by atoms with van der Waals surface area (Å²) in [4.78, 5) is 0. The summed E-state index contributed by atoms with van der Waals surface area (Å²) in [5, 5.41) is 0.546. The van der Waals surface area contributed by atoms with Crippen LogP contribution in [0.1, 0.15) is 31.4 Å². The Morgan fingerprint density at radius 1 is 1.19 bits per heavy atom. The molecule has 0 atom stereocenters. The molecule has 5 nitrogen and oxygen atoms in total. The number of hydrogen-bond donors (Lipinski definition) is 1. The van der Waals surface area contributed by atoms with Gasteiger partial charge >= 0.3 is 0 Å². The first kappa shape index (κ1) is 20.0. The van der Waals surface area contributed by atoms with Gasteiger partial charge in [-0.15, -0.1) is 0 Å². The first-order valence-corrected chi connectivity index (χ1v) is 10.9. The van der Waals surface area contributed by atoms with Crippen molar-refractivity contribution >= 4 is 21.6 Å². The molecule has 2 aromatic rings. The van der Waals surface area contributed by atoms with Gasteiger partial charge in [0.15, 0.2) is 11.5 Å². The van der Waals surface area contributed by atoms with E-state index < -0.39 is 10.0 Å². The summed E-state index contributed by atoms with van der Waals surface area (Å²) in [5.41, 5.74) is 1.62. The minimum absolute atomic E-state index is 0.0151. The molecule has 0 fully saturated rings. The van der Waals surface area contributed by atoms with Crippen molar-refractivity contribution in [1.82, 2.24) is 4.72 Å². The smallest absolute Gasteiger partial charge is 0.212 e. The van der Waals surface area contributed by atoms with E-state index in [-0.39, 0.29) is 17.9 Å². The zero-order valence-electron chi connectivity index (χ0n) is 15.5. The van der Waals surface area contributed by atoms with Crippen molar-refractivity contribution in [2.45, 2.75) is 38.8 Å². The van der Waals surface area contributed by atoms with Gasteiger partial charge in [-0.25, -0.2) is 13.1 Å². The Kier molecular flexibility index (Phi) is 5.99. The first-order valence-electron chi connectivity index (χ1n) is 8.90. The summed E-state index contributed by atoms with van der Waals surface area (Å²) in [6.07, 6.45) is 1.21. The average Bonchev–Trinajstić information content (AvgIpc) is 2.92. The van der Waals surface area contributed by atoms with E-state index in [1.807, 2.05) is 44.2 Å². The lowest BCUT2D eigenvalue weighted by atomic mass is 10.0. The molecule has 0 spiro atoms. The van der Waals surface area contributed by atoms with Gasteiger partial charge in [-0.3, -0.25) is 0 Å². The summed E-state index contributed by atoms with van der Waals surface area (Å²) in [7, 11) is -3.40. The Balaban J connectivity index is 1.48. The number of sulfonamides is 1. The minimum atomic E-state index is -3.40. The summed E-state index contributed by atoms with van der Waals surface area (Å²) in [6, 6.07) is 13.0. The lowest BCUT2D eigenvalue weighted by Gasteiger charge is -2.18. The monoisotopic (exact) mass is 409 g/mol. The van der Waals surface area contributed by atoms with Gasteiger partial charge in [-0.05, 0) is 38.0 Å². The van der Waals surface area contributed by atoms with Gasteiger partial charge in [0.2, 0.25) is 10.0 Å². The van der Waals surface area contributed by atoms with Crippen LogP contribution in [0, 0.1) is 0 Å². The molecule has 1 aliphatic rings. The third-order valence-corrected chi connectivity index (χ3v) is 6.09. The second kappa shape index (κ2) is 8.09. The van der Waals surface area contributed by atoms with Crippen molar-refractivity contribution in [3.05, 3.63) is 58.6 Å². The van der Waals surface area contributed by atoms with E-state index in [4.69, 9.17) is 21.1 Å². The molecule has 0 amide bonds. The normalized spacial score (nSPS) is 15.2. The number of fused-ring (bicyclic) bond motifs is 1. The van der Waals surface area contributed by atoms with Crippen LogP contribution in [0.3, 0.4) is 0 Å². The van der Waals surface area contributed by atoms with Gasteiger partial charge in [-0.1, -0.05) is 41.9 Å². The van der Waals surface area contributed by atoms with Crippen LogP contribution in [0.4, 0.5) is 0 Å². The van der Waals surface area contributed by atoms with Gasteiger partial charge in [0, 0.05) is 23.6 Å². The fourth-order valence-corrected chi connectivity index (χ4v) is 4.25. The van der Waals surface area contributed by atoms with E-state index in [9.17, 15) is 8.42 Å². The molecular weight excluding hydrogens is 386 g/mol. The Morgan fingerprint density at radius 3 is 2.74 bits per heavy atom. The van der Waals surface area contributed by atoms with E-state index in [1.165, 1.54) is 0 Å². The van der Waals surface area contributed by atoms with E-state index in [0.717, 1.165) is 23.3 Å². The van der Waals surface area contributed by atoms with E-state index in [2.05, 4.69) is 4.72 Å². The Bertz CT molecular complexity index is 912. The standard InChI is InChI=1S/C20H24ClNO4S/c1-20(2)13-15-8-5-10-18(19(15)26-20)25-11-6-12-27(23,24)22-14-16-7-3-4-9-17(16)21/h3-5,7-10,22H,6,11-14H2,1-2H3. The van der Waals surface area contributed by atoms with Crippen LogP contribution >= 0.6 is 11.6 Å². The molecule has 0 aliphatic carbocycles. The maximum atomic E-state index is 12.2. The van der Waals surface area contributed by atoms with E-state index >= 15 is 0 Å². The number of nitrogens with one attached hydrogen (secondary N) is 1. The molecule has 2 aromatic carbocycles. The molecule has 0 bridgehead atoms. The highest BCUT2D eigenvalue weighted by molar-refractivity contribution is 7.89. The van der Waals surface area contributed by atoms with Crippen LogP contribution in [-0.2, 0) is 23.0 Å². The number of hydrogen-bond acceptors (Lipinski definition) is 4. The first-order chi connectivity index (χ1) is 12.8. The van der Waals surface area contributed by atoms with E-state index in [0.29, 0.717) is 23.8 Å². The van der Waals surface area contributed by atoms with Gasteiger partial charge in [0.05, 0.1) is 12.4 Å². The third kappa shape index (κ3) is 5.37. The summed E-state index contributed by atoms with van der Waals surface area (Å²) in [6.45, 7) is 4.55. The van der Waals surface area contributed by atoms with Crippen molar-refractivity contribution in [2.24, 2.45) is 0 Å². The highest BCUT2D eigenvalue weighted by Crippen LogP contribution is 2.41. The fourth-order valence-electron chi connectivity index (χ4n) is 3.03. The van der Waals surface area contributed by atoms with Crippen LogP contribution in [0.15, 0.2) is 42.5 Å². The predicted octanol–water partition coefficient (Wildman–Crippen LogP) is 3.94. The highest BCUT2D eigenvalue weighted by Gasteiger charge is 2.32. The maximum absolute atomic E-state index is 12.2. The highest BCUT2D eigenvalue weighted by atomic mass is 35.5. The SMILES string of the molecule is CC1(C)Cc2cccc(OCCCS(=O)(=O)NCc3ccccc3Cl)c2O1. The Morgan fingerprint density at radius 2 is 1.96 bits per heavy atom. The lowest BCUT2D eigenvalue weighted by Crippen LogP contribution is -2.27. The summed E-state index contributed by atoms with van der Waals surface area (Å²) >= 11 is 6.05. The largest absolute Gasteiger partial charge is 0.490 e. The Hall–Kier alpha value is -1.76. The van der Waals surface area contributed by atoms with Crippen molar-refractivity contribution in [3.8, 4) is 11.5 Å². The van der Waals surface area contributed by atoms with Gasteiger partial charge in [-0.2, -0.15) is 0 Å². The van der Waals surface area contributed by atoms with Crippen molar-refractivity contribution in [2.75, 3.05) is 12.4 Å². The lowest BCUT2D eigenvalue weighted by molar-refractivity contribution is 0.132. The third-order valence-electron chi connectivity index (χ3n) is 4.31. The second-order valence-electron chi connectivity index (χ2n) is 7.22. The summed E-state index contributed by atoms with van der Waals surface area (Å²) < 4.78 is 38.6. The molecule has 0 unspecified atom stereocenters. The maximum Gasteiger partial charge on any atom is 0.212 e. The molecule has 0 aromatic heterocycles. The molecule has 1 heterocycles. The van der Waals surface area contributed by atoms with Crippen LogP contribution in [0.2, 0.25) is 5.02 Å². The number of halogens is 1. The van der Waals surface area contributed by atoms with E-state index in [1.54, 1.807) is 12.1 Å². The molecule has 0 saturated heterocycles. The van der Waals surface area contributed by atoms with Gasteiger partial charge in [0.25, 0.3) is 0 Å². The quantitative estimate of drug-likeness (QED) is 0.670. The van der Waals surface area contributed by atoms with Crippen LogP contribution in [0.25, 0.3) is 0 Å². The number of para-hydroxylation sites is 1. The Labute approximate surface area is 165 Å². The number of ether oxygens (including phenoxy) is 2. The van der Waals surface area contributed by atoms with Crippen molar-refractivity contribution in [3.63, 3.8) is 0 Å². The second-order valence-corrected chi connectivity index (χ2v) is 9.55. The molecule has 0 radical (unpaired) electrons. The predicted molar refractivity (Wildman–Crippen MR) is 107 cm³/mol. The molecule has 27 heavy (non-hydrogen) atoms. The van der Waals surface area contributed by atoms with Gasteiger partial charge < -0.3 is 9.47 Å².